The summed E-state index contributed by atoms with van der Waals surface area (Å²) in [6, 6.07) is 0. The molecule has 0 saturated heterocycles. The minimum Gasteiger partial charge on any atom is -0.396 e. The molecule has 0 bridgehead atoms. The molecule has 0 saturated carbocycles. The van der Waals surface area contributed by atoms with E-state index in [1.54, 1.807) is 0 Å². The average Bonchev–Trinajstić information content (AvgIpc) is 2.12. The molecule has 0 aliphatic rings. The van der Waals surface area contributed by atoms with E-state index in [1.165, 1.54) is 0 Å². The summed E-state index contributed by atoms with van der Waals surface area (Å²) < 4.78 is 0. The molecule has 0 radical (unpaired) electrons. The number of aliphatic hydroxyl groups excluding tert-OH is 4. The highest BCUT2D eigenvalue weighted by Crippen LogP contribution is 1.80. The van der Waals surface area contributed by atoms with Crippen molar-refractivity contribution in [2.24, 2.45) is 0 Å². The summed E-state index contributed by atoms with van der Waals surface area (Å²) in [6.07, 6.45) is 1.44. The Morgan fingerprint density at radius 3 is 1.17 bits per heavy atom. The number of rotatable bonds is 3. The fourth-order valence-corrected chi connectivity index (χ4v) is 0.335. The van der Waals surface area contributed by atoms with E-state index in [1.807, 2.05) is 0 Å². The molecule has 0 aromatic heterocycles. The van der Waals surface area contributed by atoms with Crippen LogP contribution in [0.5, 0.6) is 0 Å². The molecule has 0 unspecified atom stereocenters. The molecule has 0 atom stereocenters. The topological polar surface area (TPSA) is 80.9 Å². The summed E-state index contributed by atoms with van der Waals surface area (Å²) >= 11 is 0. The fraction of sp³-hybridized carbons (Fsp3) is 0.750. The first-order chi connectivity index (χ1) is 5.83. The number of aliphatic hydroxyl groups is 4. The lowest BCUT2D eigenvalue weighted by molar-refractivity contribution is 0.242. The Morgan fingerprint density at radius 2 is 1.00 bits per heavy atom. The van der Waals surface area contributed by atoms with Crippen LogP contribution < -0.4 is 0 Å². The molecule has 0 fully saturated rings. The first kappa shape index (κ1) is 14.0. The lowest BCUT2D eigenvalue weighted by atomic mass is 10.3. The van der Waals surface area contributed by atoms with Gasteiger partial charge in [-0.2, -0.15) is 0 Å². The van der Waals surface area contributed by atoms with Gasteiger partial charge in [0.05, 0.1) is 0 Å². The third kappa shape index (κ3) is 22.7. The van der Waals surface area contributed by atoms with Crippen LogP contribution in [0.1, 0.15) is 12.8 Å². The molecule has 0 spiro atoms. The van der Waals surface area contributed by atoms with Gasteiger partial charge in [0, 0.05) is 13.2 Å². The van der Waals surface area contributed by atoms with Crippen LogP contribution in [0.25, 0.3) is 0 Å². The normalized spacial score (nSPS) is 7.67. The highest BCUT2D eigenvalue weighted by atomic mass is 16.3. The summed E-state index contributed by atoms with van der Waals surface area (Å²) in [7, 11) is 0. The van der Waals surface area contributed by atoms with Crippen molar-refractivity contribution < 1.29 is 20.4 Å². The summed E-state index contributed by atoms with van der Waals surface area (Å²) in [6.45, 7) is 0.0578. The standard InChI is InChI=1S/C4H10O2.C4H6O2/c2*5-3-1-2-4-6/h5-6H,1-4H2;5-6H,3-4H2. The third-order valence-corrected chi connectivity index (χ3v) is 0.849. The van der Waals surface area contributed by atoms with Gasteiger partial charge >= 0.3 is 0 Å². The zero-order valence-corrected chi connectivity index (χ0v) is 7.03. The summed E-state index contributed by atoms with van der Waals surface area (Å²) in [4.78, 5) is 0. The Labute approximate surface area is 72.5 Å². The van der Waals surface area contributed by atoms with Gasteiger partial charge in [-0.3, -0.25) is 0 Å². The van der Waals surface area contributed by atoms with Crippen LogP contribution in [0.4, 0.5) is 0 Å². The highest BCUT2D eigenvalue weighted by Gasteiger charge is 1.77. The molecule has 4 nitrogen and oxygen atoms in total. The number of hydrogen-bond donors (Lipinski definition) is 4. The summed E-state index contributed by atoms with van der Waals surface area (Å²) in [5.74, 6) is 4.51. The lowest BCUT2D eigenvalue weighted by Crippen LogP contribution is -1.85. The molecule has 0 aliphatic carbocycles. The van der Waals surface area contributed by atoms with Crippen molar-refractivity contribution in [3.63, 3.8) is 0 Å². The minimum atomic E-state index is -0.166. The van der Waals surface area contributed by atoms with Crippen molar-refractivity contribution in [1.29, 1.82) is 0 Å². The zero-order valence-electron chi connectivity index (χ0n) is 7.03. The largest absolute Gasteiger partial charge is 0.396 e. The van der Waals surface area contributed by atoms with Crippen molar-refractivity contribution in [3.8, 4) is 11.8 Å². The Balaban J connectivity index is 0. The van der Waals surface area contributed by atoms with Crippen molar-refractivity contribution in [1.82, 2.24) is 0 Å². The predicted octanol–water partition coefficient (Wildman–Crippen LogP) is -1.27. The molecule has 0 rings (SSSR count). The van der Waals surface area contributed by atoms with Crippen molar-refractivity contribution >= 4 is 0 Å². The minimum absolute atomic E-state index is 0.166. The van der Waals surface area contributed by atoms with E-state index in [0.29, 0.717) is 0 Å². The smallest absolute Gasteiger partial charge is 0.104 e. The van der Waals surface area contributed by atoms with Gasteiger partial charge in [-0.25, -0.2) is 0 Å². The zero-order chi connectivity index (χ0) is 9.66. The maximum Gasteiger partial charge on any atom is 0.104 e. The maximum absolute atomic E-state index is 8.09. The van der Waals surface area contributed by atoms with E-state index in [-0.39, 0.29) is 26.4 Å². The van der Waals surface area contributed by atoms with E-state index in [9.17, 15) is 0 Å². The van der Waals surface area contributed by atoms with Crippen molar-refractivity contribution in [2.75, 3.05) is 26.4 Å². The second-order valence-corrected chi connectivity index (χ2v) is 1.82. The van der Waals surface area contributed by atoms with Crippen LogP contribution in [0.2, 0.25) is 0 Å². The van der Waals surface area contributed by atoms with E-state index in [0.717, 1.165) is 12.8 Å². The van der Waals surface area contributed by atoms with Crippen molar-refractivity contribution in [3.05, 3.63) is 0 Å². The second-order valence-electron chi connectivity index (χ2n) is 1.82. The predicted molar refractivity (Wildman–Crippen MR) is 45.4 cm³/mol. The number of hydrogen-bond acceptors (Lipinski definition) is 4. The van der Waals surface area contributed by atoms with Crippen LogP contribution in [-0.4, -0.2) is 46.9 Å². The van der Waals surface area contributed by atoms with E-state index in [2.05, 4.69) is 11.8 Å². The molecule has 72 valence electrons. The molecule has 0 aromatic carbocycles. The SMILES string of the molecule is OCC#CCO.OCCCCO. The Kier molecular flexibility index (Phi) is 19.5. The molecular formula is C8H16O4. The molecule has 4 heteroatoms. The van der Waals surface area contributed by atoms with Crippen LogP contribution in [-0.2, 0) is 0 Å². The van der Waals surface area contributed by atoms with Crippen LogP contribution in [0.3, 0.4) is 0 Å². The van der Waals surface area contributed by atoms with Crippen LogP contribution in [0, 0.1) is 11.8 Å². The number of unbranched alkanes of at least 4 members (excludes halogenated alkanes) is 1. The van der Waals surface area contributed by atoms with Crippen LogP contribution >= 0.6 is 0 Å². The average molecular weight is 176 g/mol. The second kappa shape index (κ2) is 16.8. The molecule has 0 heterocycles. The van der Waals surface area contributed by atoms with Gasteiger partial charge in [0.1, 0.15) is 13.2 Å². The van der Waals surface area contributed by atoms with E-state index in [4.69, 9.17) is 20.4 Å². The first-order valence-corrected chi connectivity index (χ1v) is 3.72. The Bertz CT molecular complexity index is 102. The quantitative estimate of drug-likeness (QED) is 0.319. The Hall–Kier alpha value is -0.600. The summed E-state index contributed by atoms with van der Waals surface area (Å²) in [5.41, 5.74) is 0. The van der Waals surface area contributed by atoms with Gasteiger partial charge in [0.15, 0.2) is 0 Å². The van der Waals surface area contributed by atoms with Gasteiger partial charge in [-0.1, -0.05) is 11.8 Å². The maximum atomic E-state index is 8.09. The van der Waals surface area contributed by atoms with Gasteiger partial charge in [0.2, 0.25) is 0 Å². The van der Waals surface area contributed by atoms with Gasteiger partial charge in [-0.15, -0.1) is 0 Å². The molecular weight excluding hydrogens is 160 g/mol. The van der Waals surface area contributed by atoms with E-state index >= 15 is 0 Å². The van der Waals surface area contributed by atoms with Crippen LogP contribution in [0.15, 0.2) is 0 Å². The molecule has 4 N–H and O–H groups in total. The summed E-state index contributed by atoms with van der Waals surface area (Å²) in [5, 5.41) is 32.0. The Morgan fingerprint density at radius 1 is 0.667 bits per heavy atom. The molecule has 0 aliphatic heterocycles. The molecule has 12 heavy (non-hydrogen) atoms. The third-order valence-electron chi connectivity index (χ3n) is 0.849. The highest BCUT2D eigenvalue weighted by molar-refractivity contribution is 4.97. The molecule has 0 aromatic rings. The van der Waals surface area contributed by atoms with Gasteiger partial charge in [-0.05, 0) is 12.8 Å². The van der Waals surface area contributed by atoms with Gasteiger partial charge < -0.3 is 20.4 Å². The monoisotopic (exact) mass is 176 g/mol. The van der Waals surface area contributed by atoms with Gasteiger partial charge in [0.25, 0.3) is 0 Å². The molecule has 0 amide bonds. The van der Waals surface area contributed by atoms with E-state index < -0.39 is 0 Å². The first-order valence-electron chi connectivity index (χ1n) is 3.72. The fourth-order valence-electron chi connectivity index (χ4n) is 0.335. The lowest BCUT2D eigenvalue weighted by Gasteiger charge is -1.85. The van der Waals surface area contributed by atoms with Crippen molar-refractivity contribution in [2.45, 2.75) is 12.8 Å².